The van der Waals surface area contributed by atoms with Crippen molar-refractivity contribution in [2.75, 3.05) is 13.1 Å². The van der Waals surface area contributed by atoms with E-state index in [4.69, 9.17) is 0 Å². The quantitative estimate of drug-likeness (QED) is 0.821. The van der Waals surface area contributed by atoms with Crippen molar-refractivity contribution in [1.82, 2.24) is 10.3 Å². The number of pyridine rings is 1. The van der Waals surface area contributed by atoms with Gasteiger partial charge in [-0.3, -0.25) is 4.98 Å². The Labute approximate surface area is 97.5 Å². The molecule has 16 heavy (non-hydrogen) atoms. The first-order chi connectivity index (χ1) is 7.81. The third-order valence-corrected chi connectivity index (χ3v) is 4.40. The fourth-order valence-corrected chi connectivity index (χ4v) is 3.20. The molecular weight excluding hydrogens is 196 g/mol. The van der Waals surface area contributed by atoms with Crippen LogP contribution >= 0.6 is 0 Å². The highest BCUT2D eigenvalue weighted by molar-refractivity contribution is 5.31. The number of hydrogen-bond acceptors (Lipinski definition) is 2. The summed E-state index contributed by atoms with van der Waals surface area (Å²) in [5, 5.41) is 3.46. The van der Waals surface area contributed by atoms with E-state index in [0.717, 1.165) is 11.6 Å². The van der Waals surface area contributed by atoms with E-state index >= 15 is 0 Å². The van der Waals surface area contributed by atoms with Gasteiger partial charge in [0.25, 0.3) is 0 Å². The van der Waals surface area contributed by atoms with Crippen molar-refractivity contribution < 1.29 is 0 Å². The monoisotopic (exact) mass is 216 g/mol. The van der Waals surface area contributed by atoms with Gasteiger partial charge in [-0.05, 0) is 68.7 Å². The summed E-state index contributed by atoms with van der Waals surface area (Å²) in [4.78, 5) is 4.46. The standard InChI is InChI=1S/C14H20N2/c1-11-2-3-13(10-16-11)14(6-7-14)12-4-8-15-9-5-12/h2-3,10,12,15H,4-9H2,1H3. The lowest BCUT2D eigenvalue weighted by Crippen LogP contribution is -2.34. The molecule has 0 unspecified atom stereocenters. The number of nitrogens with zero attached hydrogens (tertiary/aromatic N) is 1. The van der Waals surface area contributed by atoms with E-state index in [1.807, 2.05) is 0 Å². The van der Waals surface area contributed by atoms with Crippen molar-refractivity contribution in [2.45, 2.75) is 38.0 Å². The van der Waals surface area contributed by atoms with Gasteiger partial charge in [0.1, 0.15) is 0 Å². The Morgan fingerprint density at radius 1 is 1.25 bits per heavy atom. The SMILES string of the molecule is Cc1ccc(C2(C3CCNCC3)CC2)cn1. The summed E-state index contributed by atoms with van der Waals surface area (Å²) in [6.45, 7) is 4.46. The Bertz CT molecular complexity index is 359. The van der Waals surface area contributed by atoms with Crippen LogP contribution in [0.3, 0.4) is 0 Å². The summed E-state index contributed by atoms with van der Waals surface area (Å²) in [5.41, 5.74) is 3.12. The van der Waals surface area contributed by atoms with Gasteiger partial charge in [-0.15, -0.1) is 0 Å². The molecule has 2 fully saturated rings. The van der Waals surface area contributed by atoms with Crippen LogP contribution in [0.25, 0.3) is 0 Å². The van der Waals surface area contributed by atoms with Gasteiger partial charge in [0.15, 0.2) is 0 Å². The molecule has 2 aliphatic rings. The predicted molar refractivity (Wildman–Crippen MR) is 65.5 cm³/mol. The number of piperidine rings is 1. The molecule has 1 aliphatic heterocycles. The average Bonchev–Trinajstić information content (AvgIpc) is 3.13. The van der Waals surface area contributed by atoms with Crippen LogP contribution in [0.15, 0.2) is 18.3 Å². The molecule has 0 radical (unpaired) electrons. The van der Waals surface area contributed by atoms with Gasteiger partial charge in [-0.2, -0.15) is 0 Å². The largest absolute Gasteiger partial charge is 0.317 e. The minimum absolute atomic E-state index is 0.503. The predicted octanol–water partition coefficient (Wildman–Crippen LogP) is 2.42. The first-order valence-corrected chi connectivity index (χ1v) is 6.45. The number of aromatic nitrogens is 1. The maximum Gasteiger partial charge on any atom is 0.0372 e. The molecule has 1 saturated carbocycles. The van der Waals surface area contributed by atoms with Gasteiger partial charge in [-0.1, -0.05) is 6.07 Å². The van der Waals surface area contributed by atoms with Crippen molar-refractivity contribution in [3.05, 3.63) is 29.6 Å². The normalized spacial score (nSPS) is 24.3. The molecule has 1 N–H and O–H groups in total. The van der Waals surface area contributed by atoms with Crippen LogP contribution in [0.1, 0.15) is 36.9 Å². The maximum atomic E-state index is 4.46. The van der Waals surface area contributed by atoms with E-state index in [0.29, 0.717) is 5.41 Å². The van der Waals surface area contributed by atoms with E-state index in [1.54, 1.807) is 0 Å². The highest BCUT2D eigenvalue weighted by Crippen LogP contribution is 2.56. The van der Waals surface area contributed by atoms with Crippen molar-refractivity contribution in [1.29, 1.82) is 0 Å². The van der Waals surface area contributed by atoms with Crippen LogP contribution in [0.5, 0.6) is 0 Å². The van der Waals surface area contributed by atoms with Crippen LogP contribution < -0.4 is 5.32 Å². The van der Waals surface area contributed by atoms with Crippen LogP contribution in [-0.2, 0) is 5.41 Å². The Morgan fingerprint density at radius 2 is 2.00 bits per heavy atom. The summed E-state index contributed by atoms with van der Waals surface area (Å²) in [5.74, 6) is 0.887. The van der Waals surface area contributed by atoms with Gasteiger partial charge in [0.05, 0.1) is 0 Å². The van der Waals surface area contributed by atoms with Gasteiger partial charge < -0.3 is 5.32 Å². The van der Waals surface area contributed by atoms with Crippen LogP contribution in [0.4, 0.5) is 0 Å². The zero-order chi connectivity index (χ0) is 11.0. The molecule has 2 heterocycles. The fraction of sp³-hybridized carbons (Fsp3) is 0.643. The molecule has 1 aromatic rings. The van der Waals surface area contributed by atoms with Crippen LogP contribution in [0, 0.1) is 12.8 Å². The first kappa shape index (κ1) is 10.3. The van der Waals surface area contributed by atoms with Crippen molar-refractivity contribution >= 4 is 0 Å². The van der Waals surface area contributed by atoms with E-state index < -0.39 is 0 Å². The zero-order valence-corrected chi connectivity index (χ0v) is 10.00. The van der Waals surface area contributed by atoms with E-state index in [2.05, 4.69) is 35.6 Å². The van der Waals surface area contributed by atoms with Crippen molar-refractivity contribution in [3.63, 3.8) is 0 Å². The molecule has 0 spiro atoms. The molecule has 0 aromatic carbocycles. The highest BCUT2D eigenvalue weighted by Gasteiger charge is 2.50. The molecule has 1 aliphatic carbocycles. The van der Waals surface area contributed by atoms with Crippen LogP contribution in [-0.4, -0.2) is 18.1 Å². The van der Waals surface area contributed by atoms with E-state index in [1.165, 1.54) is 44.3 Å². The van der Waals surface area contributed by atoms with Crippen LogP contribution in [0.2, 0.25) is 0 Å². The molecule has 1 aromatic heterocycles. The van der Waals surface area contributed by atoms with Crippen molar-refractivity contribution in [2.24, 2.45) is 5.92 Å². The lowest BCUT2D eigenvalue weighted by atomic mass is 9.78. The lowest BCUT2D eigenvalue weighted by molar-refractivity contribution is 0.302. The van der Waals surface area contributed by atoms with E-state index in [9.17, 15) is 0 Å². The molecule has 0 bridgehead atoms. The summed E-state index contributed by atoms with van der Waals surface area (Å²) in [6.07, 6.45) is 7.55. The number of aryl methyl sites for hydroxylation is 1. The molecule has 1 saturated heterocycles. The second-order valence-corrected chi connectivity index (χ2v) is 5.37. The minimum Gasteiger partial charge on any atom is -0.317 e. The lowest BCUT2D eigenvalue weighted by Gasteiger charge is -2.31. The Balaban J connectivity index is 1.84. The minimum atomic E-state index is 0.503. The zero-order valence-electron chi connectivity index (χ0n) is 10.00. The number of hydrogen-bond donors (Lipinski definition) is 1. The Hall–Kier alpha value is -0.890. The van der Waals surface area contributed by atoms with Gasteiger partial charge >= 0.3 is 0 Å². The molecule has 2 nitrogen and oxygen atoms in total. The second kappa shape index (κ2) is 3.85. The number of nitrogens with one attached hydrogen (secondary N) is 1. The second-order valence-electron chi connectivity index (χ2n) is 5.37. The molecule has 2 heteroatoms. The summed E-state index contributed by atoms with van der Waals surface area (Å²) in [6, 6.07) is 4.47. The van der Waals surface area contributed by atoms with Crippen molar-refractivity contribution in [3.8, 4) is 0 Å². The highest BCUT2D eigenvalue weighted by atomic mass is 14.9. The third kappa shape index (κ3) is 1.65. The van der Waals surface area contributed by atoms with Gasteiger partial charge in [0, 0.05) is 11.9 Å². The van der Waals surface area contributed by atoms with E-state index in [-0.39, 0.29) is 0 Å². The summed E-state index contributed by atoms with van der Waals surface area (Å²) < 4.78 is 0. The van der Waals surface area contributed by atoms with Gasteiger partial charge in [-0.25, -0.2) is 0 Å². The summed E-state index contributed by atoms with van der Waals surface area (Å²) >= 11 is 0. The summed E-state index contributed by atoms with van der Waals surface area (Å²) in [7, 11) is 0. The third-order valence-electron chi connectivity index (χ3n) is 4.40. The molecule has 86 valence electrons. The average molecular weight is 216 g/mol. The van der Waals surface area contributed by atoms with Gasteiger partial charge in [0.2, 0.25) is 0 Å². The Morgan fingerprint density at radius 3 is 2.56 bits per heavy atom. The molecule has 3 rings (SSSR count). The maximum absolute atomic E-state index is 4.46. The smallest absolute Gasteiger partial charge is 0.0372 e. The Kier molecular flexibility index (Phi) is 2.47. The number of rotatable bonds is 2. The molecule has 0 atom stereocenters. The molecular formula is C14H20N2. The first-order valence-electron chi connectivity index (χ1n) is 6.45. The molecule has 0 amide bonds. The topological polar surface area (TPSA) is 24.9 Å². The fourth-order valence-electron chi connectivity index (χ4n) is 3.20.